The van der Waals surface area contributed by atoms with Crippen LogP contribution in [0.15, 0.2) is 36.4 Å². The number of methoxy groups -OCH3 is 3. The average Bonchev–Trinajstić information content (AvgIpc) is 2.76. The summed E-state index contributed by atoms with van der Waals surface area (Å²) in [6, 6.07) is 9.40. The van der Waals surface area contributed by atoms with Crippen molar-refractivity contribution in [1.29, 1.82) is 0 Å². The second-order valence-corrected chi connectivity index (χ2v) is 8.55. The molecule has 1 N–H and O–H groups in total. The lowest BCUT2D eigenvalue weighted by molar-refractivity contribution is -0.299. The molecule has 1 amide bonds. The Morgan fingerprint density at radius 2 is 1.77 bits per heavy atom. The molecule has 30 heavy (non-hydrogen) atoms. The first-order valence-corrected chi connectivity index (χ1v) is 10.7. The summed E-state index contributed by atoms with van der Waals surface area (Å²) in [7, 11) is 4.49. The molecule has 9 heteroatoms. The van der Waals surface area contributed by atoms with Crippen molar-refractivity contribution in [2.45, 2.75) is 41.6 Å². The number of nitrogens with one attached hydrogen (secondary N) is 1. The zero-order valence-corrected chi connectivity index (χ0v) is 19.6. The molecule has 1 aromatic rings. The summed E-state index contributed by atoms with van der Waals surface area (Å²) in [6.07, 6.45) is -0.506. The van der Waals surface area contributed by atoms with E-state index in [1.54, 1.807) is 13.0 Å². The van der Waals surface area contributed by atoms with E-state index in [2.05, 4.69) is 5.32 Å². The summed E-state index contributed by atoms with van der Waals surface area (Å²) >= 11 is 2.02. The Morgan fingerprint density at radius 3 is 2.33 bits per heavy atom. The van der Waals surface area contributed by atoms with Gasteiger partial charge >= 0.3 is 5.97 Å². The van der Waals surface area contributed by atoms with Gasteiger partial charge in [-0.05, 0) is 18.6 Å². The van der Waals surface area contributed by atoms with E-state index < -0.39 is 36.7 Å². The van der Waals surface area contributed by atoms with Gasteiger partial charge in [-0.3, -0.25) is 4.79 Å². The molecule has 0 saturated carbocycles. The van der Waals surface area contributed by atoms with Gasteiger partial charge < -0.3 is 29.0 Å². The van der Waals surface area contributed by atoms with Crippen molar-refractivity contribution in [3.63, 3.8) is 0 Å². The molecule has 0 aromatic heterocycles. The highest BCUT2D eigenvalue weighted by Gasteiger charge is 2.49. The highest BCUT2D eigenvalue weighted by atomic mass is 127. The number of hydrogen-bond acceptors (Lipinski definition) is 7. The third kappa shape index (κ3) is 6.74. The molecule has 1 saturated heterocycles. The molecule has 1 aliphatic rings. The predicted octanol–water partition coefficient (Wildman–Crippen LogP) is 1.95. The van der Waals surface area contributed by atoms with Crippen molar-refractivity contribution in [2.75, 3.05) is 27.9 Å². The van der Waals surface area contributed by atoms with Crippen LogP contribution in [0.4, 0.5) is 0 Å². The van der Waals surface area contributed by atoms with Crippen LogP contribution in [0, 0.1) is 0 Å². The van der Waals surface area contributed by atoms with E-state index in [9.17, 15) is 9.59 Å². The molecule has 1 aliphatic heterocycles. The number of hydrogen-bond donors (Lipinski definition) is 1. The molecule has 2 rings (SSSR count). The van der Waals surface area contributed by atoms with Crippen LogP contribution >= 0.6 is 22.6 Å². The number of amides is 1. The Hall–Kier alpha value is -1.53. The molecule has 166 valence electrons. The minimum absolute atomic E-state index is 0.128. The number of rotatable bonds is 9. The summed E-state index contributed by atoms with van der Waals surface area (Å²) in [5, 5.41) is 2.80. The smallest absolute Gasteiger partial charge is 0.331 e. The van der Waals surface area contributed by atoms with Gasteiger partial charge in [0.1, 0.15) is 18.3 Å². The molecule has 1 heterocycles. The standard InChI is InChI=1S/C21H28INO7/c1-13(22)20(25)23-12-15-17(18(26-2)19(27-3)21(28-4)29-15)30-16(24)11-10-14-8-6-5-7-9-14/h5-11,13,15,17-19,21H,12H2,1-4H3,(H,23,25)/b11-10+/t13?,15-,17-,18+,19-,21+/m1/s1. The molecule has 8 nitrogen and oxygen atoms in total. The first-order valence-electron chi connectivity index (χ1n) is 9.50. The van der Waals surface area contributed by atoms with Crippen LogP contribution in [0.5, 0.6) is 0 Å². The Morgan fingerprint density at radius 1 is 1.10 bits per heavy atom. The Balaban J connectivity index is 2.17. The maximum atomic E-state index is 12.5. The average molecular weight is 533 g/mol. The summed E-state index contributed by atoms with van der Waals surface area (Å²) in [4.78, 5) is 24.5. The molecule has 1 unspecified atom stereocenters. The molecule has 0 bridgehead atoms. The van der Waals surface area contributed by atoms with Crippen molar-refractivity contribution in [1.82, 2.24) is 5.32 Å². The van der Waals surface area contributed by atoms with Crippen LogP contribution in [-0.4, -0.2) is 74.4 Å². The lowest BCUT2D eigenvalue weighted by Crippen LogP contribution is -2.62. The van der Waals surface area contributed by atoms with Crippen molar-refractivity contribution in [3.05, 3.63) is 42.0 Å². The minimum Gasteiger partial charge on any atom is -0.453 e. The summed E-state index contributed by atoms with van der Waals surface area (Å²) in [5.74, 6) is -0.705. The van der Waals surface area contributed by atoms with Gasteiger partial charge in [0.05, 0.1) is 3.92 Å². The minimum atomic E-state index is -0.816. The Bertz CT molecular complexity index is 713. The first kappa shape index (κ1) is 24.7. The lowest BCUT2D eigenvalue weighted by Gasteiger charge is -2.44. The monoisotopic (exact) mass is 533 g/mol. The van der Waals surface area contributed by atoms with Gasteiger partial charge in [0.2, 0.25) is 5.91 Å². The van der Waals surface area contributed by atoms with Crippen molar-refractivity contribution in [3.8, 4) is 0 Å². The first-order chi connectivity index (χ1) is 14.4. The maximum absolute atomic E-state index is 12.5. The highest BCUT2D eigenvalue weighted by Crippen LogP contribution is 2.28. The van der Waals surface area contributed by atoms with Gasteiger partial charge in [0, 0.05) is 34.0 Å². The maximum Gasteiger partial charge on any atom is 0.331 e. The number of alkyl halides is 1. The van der Waals surface area contributed by atoms with Crippen LogP contribution in [-0.2, 0) is 33.3 Å². The predicted molar refractivity (Wildman–Crippen MR) is 119 cm³/mol. The van der Waals surface area contributed by atoms with Gasteiger partial charge in [-0.15, -0.1) is 0 Å². The number of benzene rings is 1. The molecule has 1 fully saturated rings. The molecule has 0 aliphatic carbocycles. The topological polar surface area (TPSA) is 92.3 Å². The van der Waals surface area contributed by atoms with E-state index in [4.69, 9.17) is 23.7 Å². The fourth-order valence-electron chi connectivity index (χ4n) is 3.13. The number of halogens is 1. The highest BCUT2D eigenvalue weighted by molar-refractivity contribution is 14.1. The number of carbonyl (C=O) groups is 2. The van der Waals surface area contributed by atoms with Gasteiger partial charge in [-0.2, -0.15) is 0 Å². The second kappa shape index (κ2) is 12.4. The normalized spacial score (nSPS) is 27.6. The third-order valence-corrected chi connectivity index (χ3v) is 5.24. The summed E-state index contributed by atoms with van der Waals surface area (Å²) in [6.45, 7) is 1.91. The summed E-state index contributed by atoms with van der Waals surface area (Å²) in [5.41, 5.74) is 0.867. The second-order valence-electron chi connectivity index (χ2n) is 6.69. The van der Waals surface area contributed by atoms with Crippen LogP contribution in [0.3, 0.4) is 0 Å². The molecule has 1 aromatic carbocycles. The lowest BCUT2D eigenvalue weighted by atomic mass is 9.97. The quantitative estimate of drug-likeness (QED) is 0.225. The van der Waals surface area contributed by atoms with E-state index in [0.29, 0.717) is 0 Å². The zero-order valence-electron chi connectivity index (χ0n) is 17.4. The van der Waals surface area contributed by atoms with Crippen LogP contribution in [0.1, 0.15) is 12.5 Å². The van der Waals surface area contributed by atoms with E-state index in [1.165, 1.54) is 27.4 Å². The van der Waals surface area contributed by atoms with Crippen molar-refractivity contribution in [2.24, 2.45) is 0 Å². The van der Waals surface area contributed by atoms with Gasteiger partial charge in [0.15, 0.2) is 12.4 Å². The number of ether oxygens (including phenoxy) is 5. The van der Waals surface area contributed by atoms with E-state index in [0.717, 1.165) is 5.56 Å². The van der Waals surface area contributed by atoms with E-state index >= 15 is 0 Å². The van der Waals surface area contributed by atoms with Crippen LogP contribution in [0.25, 0.3) is 6.08 Å². The SMILES string of the molecule is CO[C@H]1O[C@H](CNC(=O)C(C)I)[C@@H](OC(=O)/C=C/c2ccccc2)[C@H](OC)[C@H]1OC. The van der Waals surface area contributed by atoms with Crippen LogP contribution in [0.2, 0.25) is 0 Å². The molecule has 0 radical (unpaired) electrons. The molecular formula is C21H28INO7. The fraction of sp³-hybridized carbons (Fsp3) is 0.524. The number of carbonyl (C=O) groups excluding carboxylic acids is 2. The van der Waals surface area contributed by atoms with Crippen LogP contribution < -0.4 is 5.32 Å². The van der Waals surface area contributed by atoms with Gasteiger partial charge in [0.25, 0.3) is 0 Å². The van der Waals surface area contributed by atoms with E-state index in [1.807, 2.05) is 52.9 Å². The Labute approximate surface area is 190 Å². The van der Waals surface area contributed by atoms with Gasteiger partial charge in [-0.25, -0.2) is 4.79 Å². The van der Waals surface area contributed by atoms with Crippen molar-refractivity contribution >= 4 is 40.5 Å². The molecule has 6 atom stereocenters. The third-order valence-electron chi connectivity index (χ3n) is 4.67. The van der Waals surface area contributed by atoms with Gasteiger partial charge in [-0.1, -0.05) is 52.9 Å². The molecule has 0 spiro atoms. The zero-order chi connectivity index (χ0) is 22.1. The fourth-order valence-corrected chi connectivity index (χ4v) is 3.35. The largest absolute Gasteiger partial charge is 0.453 e. The van der Waals surface area contributed by atoms with E-state index in [-0.39, 0.29) is 16.4 Å². The van der Waals surface area contributed by atoms with Crippen molar-refractivity contribution < 1.29 is 33.3 Å². The number of esters is 1. The Kier molecular flexibility index (Phi) is 10.2. The summed E-state index contributed by atoms with van der Waals surface area (Å²) < 4.78 is 27.8. The molecular weight excluding hydrogens is 505 g/mol.